The van der Waals surface area contributed by atoms with E-state index in [1.165, 1.54) is 0 Å². The lowest BCUT2D eigenvalue weighted by atomic mass is 10.2. The number of nitrogens with zero attached hydrogens (tertiary/aromatic N) is 2. The van der Waals surface area contributed by atoms with Crippen molar-refractivity contribution in [1.29, 1.82) is 5.26 Å². The Kier molecular flexibility index (Phi) is 1.95. The quantitative estimate of drug-likeness (QED) is 0.707. The summed E-state index contributed by atoms with van der Waals surface area (Å²) in [6.07, 6.45) is 0. The van der Waals surface area contributed by atoms with Crippen molar-refractivity contribution in [3.8, 4) is 6.07 Å². The van der Waals surface area contributed by atoms with Gasteiger partial charge in [-0.2, -0.15) is 5.26 Å². The van der Waals surface area contributed by atoms with Crippen LogP contribution in [-0.2, 0) is 0 Å². The molecule has 2 aromatic rings. The van der Waals surface area contributed by atoms with Gasteiger partial charge in [-0.25, -0.2) is 4.98 Å². The molecule has 0 bridgehead atoms. The summed E-state index contributed by atoms with van der Waals surface area (Å²) in [6, 6.07) is 7.29. The lowest BCUT2D eigenvalue weighted by molar-refractivity contribution is 0.760. The second kappa shape index (κ2) is 3.13. The smallest absolute Gasteiger partial charge is 0.123 e. The average molecular weight is 186 g/mol. The van der Waals surface area contributed by atoms with Gasteiger partial charge in [0, 0.05) is 0 Å². The monoisotopic (exact) mass is 186 g/mol. The first-order chi connectivity index (χ1) is 6.70. The van der Waals surface area contributed by atoms with Crippen LogP contribution in [0, 0.1) is 11.3 Å². The Balaban J connectivity index is 2.61. The molecule has 14 heavy (non-hydrogen) atoms. The van der Waals surface area contributed by atoms with Crippen molar-refractivity contribution in [3.63, 3.8) is 0 Å². The highest BCUT2D eigenvalue weighted by Crippen LogP contribution is 2.15. The van der Waals surface area contributed by atoms with Crippen LogP contribution in [0.4, 0.5) is 0 Å². The molecule has 0 amide bonds. The van der Waals surface area contributed by atoms with Crippen molar-refractivity contribution >= 4 is 11.0 Å². The molecular formula is C10H10N4. The van der Waals surface area contributed by atoms with Gasteiger partial charge < -0.3 is 10.7 Å². The average Bonchev–Trinajstić information content (AvgIpc) is 2.59. The SMILES string of the molecule is C[C@H](N)c1nc2ccc(C#N)cc2[nH]1. The molecule has 0 aliphatic carbocycles. The first kappa shape index (κ1) is 8.73. The van der Waals surface area contributed by atoms with E-state index < -0.39 is 0 Å². The van der Waals surface area contributed by atoms with Crippen LogP contribution in [-0.4, -0.2) is 9.97 Å². The largest absolute Gasteiger partial charge is 0.341 e. The Bertz CT molecular complexity index is 504. The minimum Gasteiger partial charge on any atom is -0.341 e. The van der Waals surface area contributed by atoms with Gasteiger partial charge in [0.05, 0.1) is 28.7 Å². The maximum absolute atomic E-state index is 8.70. The summed E-state index contributed by atoms with van der Waals surface area (Å²) in [7, 11) is 0. The number of nitrogens with two attached hydrogens (primary N) is 1. The summed E-state index contributed by atoms with van der Waals surface area (Å²) >= 11 is 0. The number of aromatic nitrogens is 2. The summed E-state index contributed by atoms with van der Waals surface area (Å²) in [5.41, 5.74) is 8.01. The van der Waals surface area contributed by atoms with E-state index in [4.69, 9.17) is 11.0 Å². The molecule has 0 fully saturated rings. The summed E-state index contributed by atoms with van der Waals surface area (Å²) in [5, 5.41) is 8.70. The predicted octanol–water partition coefficient (Wildman–Crippen LogP) is 1.45. The fourth-order valence-corrected chi connectivity index (χ4v) is 1.31. The number of rotatable bonds is 1. The van der Waals surface area contributed by atoms with Crippen molar-refractivity contribution in [2.45, 2.75) is 13.0 Å². The zero-order chi connectivity index (χ0) is 10.1. The van der Waals surface area contributed by atoms with Crippen LogP contribution in [0.5, 0.6) is 0 Å². The summed E-state index contributed by atoms with van der Waals surface area (Å²) in [6.45, 7) is 1.86. The highest BCUT2D eigenvalue weighted by molar-refractivity contribution is 5.76. The Morgan fingerprint density at radius 2 is 2.36 bits per heavy atom. The van der Waals surface area contributed by atoms with E-state index in [0.717, 1.165) is 16.9 Å². The molecule has 0 saturated heterocycles. The van der Waals surface area contributed by atoms with E-state index in [9.17, 15) is 0 Å². The van der Waals surface area contributed by atoms with E-state index in [-0.39, 0.29) is 6.04 Å². The third kappa shape index (κ3) is 1.34. The molecule has 1 heterocycles. The van der Waals surface area contributed by atoms with Crippen molar-refractivity contribution in [2.75, 3.05) is 0 Å². The van der Waals surface area contributed by atoms with Gasteiger partial charge in [-0.15, -0.1) is 0 Å². The maximum Gasteiger partial charge on any atom is 0.123 e. The number of imidazole rings is 1. The molecule has 70 valence electrons. The van der Waals surface area contributed by atoms with Gasteiger partial charge in [0.2, 0.25) is 0 Å². The number of H-pyrrole nitrogens is 1. The zero-order valence-corrected chi connectivity index (χ0v) is 7.78. The van der Waals surface area contributed by atoms with Gasteiger partial charge in [-0.05, 0) is 25.1 Å². The van der Waals surface area contributed by atoms with Crippen LogP contribution in [0.3, 0.4) is 0 Å². The number of aromatic amines is 1. The third-order valence-corrected chi connectivity index (χ3v) is 2.06. The fraction of sp³-hybridized carbons (Fsp3) is 0.200. The minimum absolute atomic E-state index is 0.118. The first-order valence-electron chi connectivity index (χ1n) is 4.36. The van der Waals surface area contributed by atoms with E-state index in [0.29, 0.717) is 5.56 Å². The van der Waals surface area contributed by atoms with Gasteiger partial charge in [0.25, 0.3) is 0 Å². The number of fused-ring (bicyclic) bond motifs is 1. The number of benzene rings is 1. The second-order valence-corrected chi connectivity index (χ2v) is 3.25. The van der Waals surface area contributed by atoms with Crippen molar-refractivity contribution in [1.82, 2.24) is 9.97 Å². The Morgan fingerprint density at radius 3 is 3.00 bits per heavy atom. The van der Waals surface area contributed by atoms with Crippen LogP contribution >= 0.6 is 0 Å². The van der Waals surface area contributed by atoms with Gasteiger partial charge in [0.1, 0.15) is 5.82 Å². The molecular weight excluding hydrogens is 176 g/mol. The second-order valence-electron chi connectivity index (χ2n) is 3.25. The summed E-state index contributed by atoms with van der Waals surface area (Å²) < 4.78 is 0. The van der Waals surface area contributed by atoms with E-state index in [1.807, 2.05) is 13.0 Å². The van der Waals surface area contributed by atoms with Crippen LogP contribution in [0.1, 0.15) is 24.4 Å². The van der Waals surface area contributed by atoms with Crippen LogP contribution in [0.15, 0.2) is 18.2 Å². The number of nitriles is 1. The topological polar surface area (TPSA) is 78.5 Å². The molecule has 1 aromatic heterocycles. The lowest BCUT2D eigenvalue weighted by Gasteiger charge is -1.96. The van der Waals surface area contributed by atoms with Crippen LogP contribution < -0.4 is 5.73 Å². The lowest BCUT2D eigenvalue weighted by Crippen LogP contribution is -2.06. The minimum atomic E-state index is -0.118. The van der Waals surface area contributed by atoms with E-state index in [2.05, 4.69) is 16.0 Å². The number of nitrogens with one attached hydrogen (secondary N) is 1. The highest BCUT2D eigenvalue weighted by Gasteiger charge is 2.06. The summed E-state index contributed by atoms with van der Waals surface area (Å²) in [5.74, 6) is 0.745. The standard InChI is InChI=1S/C10H10N4/c1-6(12)10-13-8-3-2-7(5-11)4-9(8)14-10/h2-4,6H,12H2,1H3,(H,13,14)/t6-/m0/s1. The zero-order valence-electron chi connectivity index (χ0n) is 7.78. The van der Waals surface area contributed by atoms with Gasteiger partial charge in [-0.1, -0.05) is 0 Å². The molecule has 4 heteroatoms. The fourth-order valence-electron chi connectivity index (χ4n) is 1.31. The summed E-state index contributed by atoms with van der Waals surface area (Å²) in [4.78, 5) is 7.38. The van der Waals surface area contributed by atoms with Crippen molar-refractivity contribution in [2.24, 2.45) is 5.73 Å². The Morgan fingerprint density at radius 1 is 1.57 bits per heavy atom. The van der Waals surface area contributed by atoms with Gasteiger partial charge in [-0.3, -0.25) is 0 Å². The van der Waals surface area contributed by atoms with E-state index >= 15 is 0 Å². The molecule has 0 aliphatic heterocycles. The number of hydrogen-bond acceptors (Lipinski definition) is 3. The highest BCUT2D eigenvalue weighted by atomic mass is 15.0. The molecule has 0 unspecified atom stereocenters. The molecule has 3 N–H and O–H groups in total. The molecule has 0 aliphatic rings. The molecule has 1 aromatic carbocycles. The predicted molar refractivity (Wildman–Crippen MR) is 53.4 cm³/mol. The Labute approximate surface area is 81.4 Å². The van der Waals surface area contributed by atoms with Crippen molar-refractivity contribution < 1.29 is 0 Å². The van der Waals surface area contributed by atoms with E-state index in [1.54, 1.807) is 12.1 Å². The molecule has 1 atom stereocenters. The number of hydrogen-bond donors (Lipinski definition) is 2. The Hall–Kier alpha value is -1.86. The third-order valence-electron chi connectivity index (χ3n) is 2.06. The van der Waals surface area contributed by atoms with Crippen LogP contribution in [0.25, 0.3) is 11.0 Å². The van der Waals surface area contributed by atoms with Gasteiger partial charge in [0.15, 0.2) is 0 Å². The molecule has 0 radical (unpaired) electrons. The van der Waals surface area contributed by atoms with Crippen LogP contribution in [0.2, 0.25) is 0 Å². The van der Waals surface area contributed by atoms with Gasteiger partial charge >= 0.3 is 0 Å². The molecule has 2 rings (SSSR count). The molecule has 0 saturated carbocycles. The normalized spacial score (nSPS) is 12.6. The molecule has 4 nitrogen and oxygen atoms in total. The maximum atomic E-state index is 8.70. The molecule has 0 spiro atoms. The van der Waals surface area contributed by atoms with Crippen molar-refractivity contribution in [3.05, 3.63) is 29.6 Å². The first-order valence-corrected chi connectivity index (χ1v) is 4.36.